The van der Waals surface area contributed by atoms with Gasteiger partial charge in [-0.2, -0.15) is 0 Å². The summed E-state index contributed by atoms with van der Waals surface area (Å²) < 4.78 is 5.24. The Morgan fingerprint density at radius 1 is 1.28 bits per heavy atom. The lowest BCUT2D eigenvalue weighted by Crippen LogP contribution is -2.42. The molecule has 1 aliphatic heterocycles. The van der Waals surface area contributed by atoms with Gasteiger partial charge in [0.1, 0.15) is 11.8 Å². The van der Waals surface area contributed by atoms with Crippen LogP contribution in [-0.2, 0) is 11.2 Å². The van der Waals surface area contributed by atoms with Gasteiger partial charge in [-0.15, -0.1) is 0 Å². The number of carbonyl (C=O) groups is 1. The number of fused-ring (bicyclic) bond motifs is 1. The highest BCUT2D eigenvalue weighted by Crippen LogP contribution is 2.38. The molecule has 29 heavy (non-hydrogen) atoms. The minimum Gasteiger partial charge on any atom is -0.497 e. The van der Waals surface area contributed by atoms with E-state index in [1.807, 2.05) is 55.4 Å². The Balaban J connectivity index is 2.10. The number of amides is 1. The van der Waals surface area contributed by atoms with Crippen LogP contribution in [0.1, 0.15) is 17.0 Å². The summed E-state index contributed by atoms with van der Waals surface area (Å²) in [7, 11) is 5.51. The van der Waals surface area contributed by atoms with Crippen LogP contribution in [0.2, 0.25) is 5.02 Å². The van der Waals surface area contributed by atoms with Crippen LogP contribution in [0.4, 0.5) is 5.69 Å². The third-order valence-corrected chi connectivity index (χ3v) is 5.40. The van der Waals surface area contributed by atoms with E-state index in [0.29, 0.717) is 24.5 Å². The molecule has 0 aromatic heterocycles. The molecule has 0 saturated carbocycles. The summed E-state index contributed by atoms with van der Waals surface area (Å²) >= 11 is 6.26. The summed E-state index contributed by atoms with van der Waals surface area (Å²) in [5.41, 5.74) is 11.9. The van der Waals surface area contributed by atoms with E-state index in [1.54, 1.807) is 18.1 Å². The molecule has 0 aliphatic carbocycles. The molecule has 0 unspecified atom stereocenters. The monoisotopic (exact) mass is 413 g/mol. The number of rotatable bonds is 6. The van der Waals surface area contributed by atoms with Crippen LogP contribution < -0.4 is 9.64 Å². The quantitative estimate of drug-likeness (QED) is 0.403. The molecule has 2 aromatic carbocycles. The fourth-order valence-electron chi connectivity index (χ4n) is 3.65. The van der Waals surface area contributed by atoms with Crippen molar-refractivity contribution < 1.29 is 9.53 Å². The zero-order valence-electron chi connectivity index (χ0n) is 16.7. The predicted octanol–water partition coefficient (Wildman–Crippen LogP) is 4.26. The van der Waals surface area contributed by atoms with E-state index in [2.05, 4.69) is 10.0 Å². The van der Waals surface area contributed by atoms with Crippen LogP contribution in [0.15, 0.2) is 47.6 Å². The van der Waals surface area contributed by atoms with Gasteiger partial charge >= 0.3 is 0 Å². The summed E-state index contributed by atoms with van der Waals surface area (Å²) in [6, 6.07) is 12.2. The van der Waals surface area contributed by atoms with Gasteiger partial charge < -0.3 is 14.5 Å². The van der Waals surface area contributed by atoms with E-state index < -0.39 is 6.04 Å². The van der Waals surface area contributed by atoms with Gasteiger partial charge in [-0.05, 0) is 67.5 Å². The summed E-state index contributed by atoms with van der Waals surface area (Å²) in [6.45, 7) is 1.18. The molecule has 0 bridgehead atoms. The minimum atomic E-state index is -0.846. The molecule has 2 aromatic rings. The smallest absolute Gasteiger partial charge is 0.236 e. The zero-order valence-corrected chi connectivity index (χ0v) is 17.5. The highest BCUT2D eigenvalue weighted by atomic mass is 35.5. The lowest BCUT2D eigenvalue weighted by Gasteiger charge is -2.27. The SMILES string of the molecule is COc1ccc([C@@H]2Cc3cc(Cl)ccc3N(CCN(C)C)C(=O)[C@@H]2N=[N+]=[N-])cc1. The van der Waals surface area contributed by atoms with E-state index in [-0.39, 0.29) is 11.8 Å². The standard InChI is InChI=1S/C21H24ClN5O2/c1-26(2)10-11-27-19-9-6-16(22)12-15(19)13-18(20(21(27)28)24-25-23)14-4-7-17(29-3)8-5-14/h4-9,12,18,20H,10-11,13H2,1-3H3/t18-,20+/m0/s1. The number of benzene rings is 2. The van der Waals surface area contributed by atoms with Crippen molar-refractivity contribution in [3.63, 3.8) is 0 Å². The lowest BCUT2D eigenvalue weighted by atomic mass is 9.86. The average Bonchev–Trinajstić information content (AvgIpc) is 2.81. The first-order valence-corrected chi connectivity index (χ1v) is 9.75. The van der Waals surface area contributed by atoms with Gasteiger partial charge in [0, 0.05) is 34.6 Å². The normalized spacial score (nSPS) is 18.8. The van der Waals surface area contributed by atoms with Crippen molar-refractivity contribution in [2.24, 2.45) is 5.11 Å². The maximum atomic E-state index is 13.5. The van der Waals surface area contributed by atoms with Crippen LogP contribution >= 0.6 is 11.6 Å². The molecule has 152 valence electrons. The number of hydrogen-bond donors (Lipinski definition) is 0. The Kier molecular flexibility index (Phi) is 6.64. The lowest BCUT2D eigenvalue weighted by molar-refractivity contribution is -0.120. The van der Waals surface area contributed by atoms with Gasteiger partial charge in [0.2, 0.25) is 5.91 Å². The second kappa shape index (κ2) is 9.18. The van der Waals surface area contributed by atoms with E-state index in [0.717, 1.165) is 22.6 Å². The van der Waals surface area contributed by atoms with Crippen molar-refractivity contribution in [2.45, 2.75) is 18.4 Å². The Hall–Kier alpha value is -2.73. The summed E-state index contributed by atoms with van der Waals surface area (Å²) in [6.07, 6.45) is 0.538. The number of nitrogens with zero attached hydrogens (tertiary/aromatic N) is 5. The molecule has 0 fully saturated rings. The molecule has 0 spiro atoms. The summed E-state index contributed by atoms with van der Waals surface area (Å²) in [5, 5.41) is 4.53. The number of anilines is 1. The number of azide groups is 1. The molecule has 3 rings (SSSR count). The number of ether oxygens (including phenoxy) is 1. The maximum absolute atomic E-state index is 13.5. The van der Waals surface area contributed by atoms with Gasteiger partial charge in [-0.3, -0.25) is 4.79 Å². The van der Waals surface area contributed by atoms with Crippen LogP contribution in [0.25, 0.3) is 10.4 Å². The third-order valence-electron chi connectivity index (χ3n) is 5.16. The molecule has 1 heterocycles. The average molecular weight is 414 g/mol. The van der Waals surface area contributed by atoms with Crippen LogP contribution in [0.3, 0.4) is 0 Å². The second-order valence-corrected chi connectivity index (χ2v) is 7.74. The molecule has 0 saturated heterocycles. The highest BCUT2D eigenvalue weighted by molar-refractivity contribution is 6.30. The van der Waals surface area contributed by atoms with Crippen LogP contribution in [-0.4, -0.2) is 51.1 Å². The van der Waals surface area contributed by atoms with E-state index in [9.17, 15) is 10.3 Å². The van der Waals surface area contributed by atoms with Crippen molar-refractivity contribution in [3.05, 3.63) is 69.1 Å². The molecule has 7 nitrogen and oxygen atoms in total. The number of likely N-dealkylation sites (N-methyl/N-ethyl adjacent to an activating group) is 1. The van der Waals surface area contributed by atoms with Gasteiger partial charge in [0.25, 0.3) is 0 Å². The first kappa shape index (κ1) is 21.0. The molecule has 1 aliphatic rings. The van der Waals surface area contributed by atoms with Crippen LogP contribution in [0, 0.1) is 0 Å². The number of carbonyl (C=O) groups excluding carboxylic acids is 1. The summed E-state index contributed by atoms with van der Waals surface area (Å²) in [5.74, 6) is 0.225. The second-order valence-electron chi connectivity index (χ2n) is 7.30. The van der Waals surface area contributed by atoms with E-state index in [1.165, 1.54) is 0 Å². The summed E-state index contributed by atoms with van der Waals surface area (Å²) in [4.78, 5) is 20.2. The molecule has 2 atom stereocenters. The van der Waals surface area contributed by atoms with E-state index in [4.69, 9.17) is 16.3 Å². The molecule has 1 amide bonds. The number of methoxy groups -OCH3 is 1. The van der Waals surface area contributed by atoms with Gasteiger partial charge in [0.05, 0.1) is 7.11 Å². The highest BCUT2D eigenvalue weighted by Gasteiger charge is 2.37. The first-order valence-electron chi connectivity index (χ1n) is 9.37. The zero-order chi connectivity index (χ0) is 21.0. The van der Waals surface area contributed by atoms with Crippen molar-refractivity contribution in [1.29, 1.82) is 0 Å². The number of halogens is 1. The van der Waals surface area contributed by atoms with Crippen LogP contribution in [0.5, 0.6) is 5.75 Å². The largest absolute Gasteiger partial charge is 0.497 e. The van der Waals surface area contributed by atoms with Crippen molar-refractivity contribution in [3.8, 4) is 5.75 Å². The Bertz CT molecular complexity index is 925. The number of hydrogen-bond acceptors (Lipinski definition) is 4. The molecule has 0 N–H and O–H groups in total. The molecular weight excluding hydrogens is 390 g/mol. The van der Waals surface area contributed by atoms with Gasteiger partial charge in [0.15, 0.2) is 0 Å². The minimum absolute atomic E-state index is 0.202. The molecule has 8 heteroatoms. The van der Waals surface area contributed by atoms with Gasteiger partial charge in [-0.1, -0.05) is 28.8 Å². The maximum Gasteiger partial charge on any atom is 0.236 e. The van der Waals surface area contributed by atoms with Crippen molar-refractivity contribution in [2.75, 3.05) is 39.2 Å². The fraction of sp³-hybridized carbons (Fsp3) is 0.381. The topological polar surface area (TPSA) is 81.5 Å². The fourth-order valence-corrected chi connectivity index (χ4v) is 3.84. The Morgan fingerprint density at radius 3 is 2.62 bits per heavy atom. The first-order chi connectivity index (χ1) is 13.9. The van der Waals surface area contributed by atoms with Gasteiger partial charge in [-0.25, -0.2) is 0 Å². The Morgan fingerprint density at radius 2 is 2.00 bits per heavy atom. The van der Waals surface area contributed by atoms with Crippen molar-refractivity contribution >= 4 is 23.2 Å². The van der Waals surface area contributed by atoms with Crippen molar-refractivity contribution in [1.82, 2.24) is 4.90 Å². The molecule has 0 radical (unpaired) electrons. The molecular formula is C21H24ClN5O2. The van der Waals surface area contributed by atoms with E-state index >= 15 is 0 Å². The third kappa shape index (κ3) is 4.65. The Labute approximate surface area is 175 Å². The predicted molar refractivity (Wildman–Crippen MR) is 115 cm³/mol.